The Bertz CT molecular complexity index is 1010. The second kappa shape index (κ2) is 38.9. The first-order valence-electron chi connectivity index (χ1n) is 16.3. The molecular formula is C31H60ClN6O12P. The maximum atomic E-state index is 12.3. The van der Waals surface area contributed by atoms with E-state index in [-0.39, 0.29) is 58.0 Å². The maximum absolute atomic E-state index is 12.3. The Hall–Kier alpha value is -2.34. The highest BCUT2D eigenvalue weighted by atomic mass is 35.5. The van der Waals surface area contributed by atoms with Crippen LogP contribution < -0.4 is 15.5 Å². The summed E-state index contributed by atoms with van der Waals surface area (Å²) < 4.78 is 27.0. The number of aliphatic hydroxyl groups is 3. The van der Waals surface area contributed by atoms with Gasteiger partial charge in [-0.05, 0) is 30.6 Å². The Morgan fingerprint density at radius 1 is 1.04 bits per heavy atom. The number of rotatable bonds is 20. The fraction of sp³-hybridized carbons (Fsp3) is 0.742. The normalized spacial score (nSPS) is 15.8. The maximum Gasteiger partial charge on any atom is 0.226 e. The van der Waals surface area contributed by atoms with Crippen molar-refractivity contribution in [3.8, 4) is 12.3 Å². The zero-order chi connectivity index (χ0) is 39.3. The van der Waals surface area contributed by atoms with Gasteiger partial charge < -0.3 is 64.8 Å². The lowest BCUT2D eigenvalue weighted by atomic mass is 10.1. The minimum atomic E-state index is -0.332. The lowest BCUT2D eigenvalue weighted by Crippen LogP contribution is -2.60. The van der Waals surface area contributed by atoms with E-state index in [0.29, 0.717) is 83.0 Å². The van der Waals surface area contributed by atoms with Crippen LogP contribution in [0.2, 0.25) is 5.28 Å². The number of nitrogens with zero attached hydrogens (tertiary/aromatic N) is 3. The third kappa shape index (κ3) is 25.3. The van der Waals surface area contributed by atoms with Crippen LogP contribution in [0.5, 0.6) is 0 Å². The topological polar surface area (TPSA) is 262 Å². The van der Waals surface area contributed by atoms with Crippen LogP contribution in [0.25, 0.3) is 0 Å². The van der Waals surface area contributed by atoms with Gasteiger partial charge in [-0.15, -0.1) is 6.42 Å². The van der Waals surface area contributed by atoms with Gasteiger partial charge in [0.05, 0.1) is 70.6 Å². The molecule has 1 aromatic heterocycles. The van der Waals surface area contributed by atoms with Crippen molar-refractivity contribution in [1.29, 1.82) is 5.41 Å². The summed E-state index contributed by atoms with van der Waals surface area (Å²) in [5.41, 5.74) is 0.483. The van der Waals surface area contributed by atoms with E-state index in [9.17, 15) is 9.90 Å². The molecule has 0 bridgehead atoms. The van der Waals surface area contributed by atoms with Gasteiger partial charge in [0.15, 0.2) is 0 Å². The standard InChI is InChI=1S/C25H37ClN6O7.C2H7OP.C2H6.2CH4O.H2O2/c1-2-6-35-8-10-37-12-13-38-11-9-36-7-5-21(34)28-18-15-32(16-18)24-20(14-27)23(30-25(26)31-24)29-22-4-3-19(17-33)39-22;1-2-4-3;4*1-2/h1,14,18-19,22,27,33H,3-13,15-17H2,(H,28,34)(H,29,30,31);3-4H,2H2,1H3;1-2H3;2*2H,1H3;1-2H. The quantitative estimate of drug-likeness (QED) is 0.0172. The summed E-state index contributed by atoms with van der Waals surface area (Å²) in [6.07, 6.45) is 8.27. The van der Waals surface area contributed by atoms with Crippen LogP contribution in [-0.4, -0.2) is 164 Å². The van der Waals surface area contributed by atoms with E-state index in [1.54, 1.807) is 0 Å². The number of nitrogens with one attached hydrogen (secondary N) is 3. The summed E-state index contributed by atoms with van der Waals surface area (Å²) in [4.78, 5) is 30.6. The average Bonchev–Trinajstić information content (AvgIpc) is 3.62. The van der Waals surface area contributed by atoms with Crippen molar-refractivity contribution >= 4 is 44.2 Å². The summed E-state index contributed by atoms with van der Waals surface area (Å²) in [5.74, 6) is 3.19. The first-order valence-corrected chi connectivity index (χ1v) is 17.8. The Balaban J connectivity index is -0.00000171. The zero-order valence-electron chi connectivity index (χ0n) is 30.3. The third-order valence-corrected chi connectivity index (χ3v) is 6.62. The molecule has 18 nitrogen and oxygen atoms in total. The molecule has 0 saturated carbocycles. The molecule has 0 aliphatic carbocycles. The van der Waals surface area contributed by atoms with Crippen LogP contribution >= 0.6 is 20.4 Å². The van der Waals surface area contributed by atoms with E-state index in [1.807, 2.05) is 25.7 Å². The third-order valence-electron chi connectivity index (χ3n) is 6.13. The number of aromatic nitrogens is 2. The summed E-state index contributed by atoms with van der Waals surface area (Å²) in [5, 5.41) is 49.3. The van der Waals surface area contributed by atoms with E-state index in [1.165, 1.54) is 6.21 Å². The Morgan fingerprint density at radius 3 is 2.04 bits per heavy atom. The molecule has 2 aliphatic rings. The van der Waals surface area contributed by atoms with Gasteiger partial charge in [-0.3, -0.25) is 15.3 Å². The number of carbonyl (C=O) groups excluding carboxylic acids is 1. The number of anilines is 2. The SMILES string of the molecule is C#CCOCCOCCOCCOCCC(=O)NC1CN(c2nc(Cl)nc(NC3CCC(CO)O3)c2C=N)C1.CC.CCPO.CO.CO.OO. The van der Waals surface area contributed by atoms with Crippen LogP contribution in [0.3, 0.4) is 0 Å². The van der Waals surface area contributed by atoms with Crippen molar-refractivity contribution in [1.82, 2.24) is 15.3 Å². The van der Waals surface area contributed by atoms with Crippen molar-refractivity contribution in [2.24, 2.45) is 0 Å². The molecule has 298 valence electrons. The summed E-state index contributed by atoms with van der Waals surface area (Å²) in [7, 11) is 2.14. The molecule has 3 atom stereocenters. The summed E-state index contributed by atoms with van der Waals surface area (Å²) in [6, 6.07) is -0.0509. The van der Waals surface area contributed by atoms with Crippen LogP contribution in [0.1, 0.15) is 45.6 Å². The van der Waals surface area contributed by atoms with Crippen molar-refractivity contribution in [2.45, 2.75) is 58.4 Å². The average molecular weight is 775 g/mol. The van der Waals surface area contributed by atoms with Crippen LogP contribution in [0, 0.1) is 17.8 Å². The molecule has 1 amide bonds. The first kappa shape index (κ1) is 53.0. The second-order valence-electron chi connectivity index (χ2n) is 9.40. The monoisotopic (exact) mass is 774 g/mol. The predicted octanol–water partition coefficient (Wildman–Crippen LogP) is 1.28. The van der Waals surface area contributed by atoms with Gasteiger partial charge in [0.1, 0.15) is 24.5 Å². The molecule has 3 unspecified atom stereocenters. The number of hydrogen-bond acceptors (Lipinski definition) is 17. The Kier molecular flexibility index (Phi) is 40.4. The molecule has 0 spiro atoms. The number of terminal acetylenes is 1. The van der Waals surface area contributed by atoms with E-state index in [4.69, 9.17) is 72.7 Å². The molecular weight excluding hydrogens is 715 g/mol. The molecule has 0 radical (unpaired) electrons. The van der Waals surface area contributed by atoms with Gasteiger partial charge in [-0.25, -0.2) is 0 Å². The van der Waals surface area contributed by atoms with Crippen LogP contribution in [0.15, 0.2) is 0 Å². The van der Waals surface area contributed by atoms with E-state index >= 15 is 0 Å². The lowest BCUT2D eigenvalue weighted by molar-refractivity contribution is -0.176. The smallest absolute Gasteiger partial charge is 0.226 e. The minimum Gasteiger partial charge on any atom is -0.400 e. The van der Waals surface area contributed by atoms with Crippen molar-refractivity contribution < 1.29 is 59.2 Å². The molecule has 51 heavy (non-hydrogen) atoms. The largest absolute Gasteiger partial charge is 0.400 e. The Morgan fingerprint density at radius 2 is 1.57 bits per heavy atom. The molecule has 2 saturated heterocycles. The number of hydrogen-bond donors (Lipinski definition) is 9. The molecule has 3 rings (SSSR count). The van der Waals surface area contributed by atoms with Crippen LogP contribution in [0.4, 0.5) is 11.6 Å². The highest BCUT2D eigenvalue weighted by Crippen LogP contribution is 2.30. The highest BCUT2D eigenvalue weighted by Gasteiger charge is 2.32. The van der Waals surface area contributed by atoms with Crippen molar-refractivity contribution in [3.63, 3.8) is 0 Å². The zero-order valence-corrected chi connectivity index (χ0v) is 32.1. The van der Waals surface area contributed by atoms with Gasteiger partial charge in [-0.2, -0.15) is 9.97 Å². The number of carbonyl (C=O) groups is 1. The van der Waals surface area contributed by atoms with Gasteiger partial charge in [-0.1, -0.05) is 26.7 Å². The van der Waals surface area contributed by atoms with E-state index in [0.717, 1.165) is 26.8 Å². The molecule has 20 heteroatoms. The number of ether oxygens (including phenoxy) is 5. The molecule has 3 heterocycles. The predicted molar refractivity (Wildman–Crippen MR) is 198 cm³/mol. The Labute approximate surface area is 308 Å². The van der Waals surface area contributed by atoms with Gasteiger partial charge in [0.2, 0.25) is 11.2 Å². The molecule has 1 aromatic rings. The fourth-order valence-electron chi connectivity index (χ4n) is 4.01. The molecule has 2 aliphatic heterocycles. The molecule has 0 aromatic carbocycles. The number of amides is 1. The van der Waals surface area contributed by atoms with Crippen molar-refractivity contribution in [2.75, 3.05) is 103 Å². The second-order valence-corrected chi connectivity index (χ2v) is 10.8. The number of halogens is 1. The highest BCUT2D eigenvalue weighted by molar-refractivity contribution is 7.30. The fourth-order valence-corrected chi connectivity index (χ4v) is 4.18. The minimum absolute atomic E-state index is 0.0432. The van der Waals surface area contributed by atoms with Crippen LogP contribution in [-0.2, 0) is 28.5 Å². The van der Waals surface area contributed by atoms with Gasteiger partial charge in [0, 0.05) is 48.8 Å². The summed E-state index contributed by atoms with van der Waals surface area (Å²) in [6.45, 7) is 10.2. The molecule has 9 N–H and O–H groups in total. The van der Waals surface area contributed by atoms with E-state index < -0.39 is 0 Å². The first-order chi connectivity index (χ1) is 24.9. The molecule has 2 fully saturated rings. The van der Waals surface area contributed by atoms with Gasteiger partial charge >= 0.3 is 0 Å². The number of aliphatic hydroxyl groups excluding tert-OH is 3. The summed E-state index contributed by atoms with van der Waals surface area (Å²) >= 11 is 6.16. The van der Waals surface area contributed by atoms with E-state index in [2.05, 4.69) is 26.5 Å². The van der Waals surface area contributed by atoms with Gasteiger partial charge in [0.25, 0.3) is 0 Å². The van der Waals surface area contributed by atoms with Crippen molar-refractivity contribution in [3.05, 3.63) is 10.8 Å². The lowest BCUT2D eigenvalue weighted by Gasteiger charge is -2.41.